The lowest BCUT2D eigenvalue weighted by Crippen LogP contribution is -1.95. The maximum atomic E-state index is 12.3. The molecule has 0 atom stereocenters. The van der Waals surface area contributed by atoms with Crippen molar-refractivity contribution in [1.82, 2.24) is 0 Å². The van der Waals surface area contributed by atoms with Gasteiger partial charge in [-0.15, -0.1) is 0 Å². The number of hydrogen-bond acceptors (Lipinski definition) is 2. The molecule has 25 heavy (non-hydrogen) atoms. The molecule has 0 unspecified atom stereocenters. The van der Waals surface area contributed by atoms with Gasteiger partial charge in [-0.25, -0.2) is 4.79 Å². The van der Waals surface area contributed by atoms with Crippen LogP contribution >= 0.6 is 0 Å². The standard InChI is InChI=1S/C22H16O3/c23-21(15-8-16-6-9-20(10-7-16)22(24)25)19-13-11-18(12-14-19)17-4-2-1-3-5-17/h1-15H,(H,24,25). The molecule has 3 rings (SSSR count). The molecule has 0 fully saturated rings. The molecule has 0 saturated carbocycles. The van der Waals surface area contributed by atoms with Gasteiger partial charge >= 0.3 is 5.97 Å². The fraction of sp³-hybridized carbons (Fsp3) is 0. The van der Waals surface area contributed by atoms with Crippen LogP contribution in [-0.4, -0.2) is 16.9 Å². The van der Waals surface area contributed by atoms with Crippen molar-refractivity contribution in [2.45, 2.75) is 0 Å². The molecule has 0 aliphatic carbocycles. The molecule has 3 aromatic rings. The van der Waals surface area contributed by atoms with E-state index in [1.165, 1.54) is 18.2 Å². The molecule has 0 heterocycles. The van der Waals surface area contributed by atoms with Crippen molar-refractivity contribution >= 4 is 17.8 Å². The third kappa shape index (κ3) is 4.09. The molecule has 0 spiro atoms. The Morgan fingerprint density at radius 3 is 1.84 bits per heavy atom. The second-order valence-corrected chi connectivity index (χ2v) is 5.57. The average Bonchev–Trinajstić information content (AvgIpc) is 2.67. The van der Waals surface area contributed by atoms with Crippen molar-refractivity contribution in [2.24, 2.45) is 0 Å². The second-order valence-electron chi connectivity index (χ2n) is 5.57. The van der Waals surface area contributed by atoms with Crippen molar-refractivity contribution in [1.29, 1.82) is 0 Å². The van der Waals surface area contributed by atoms with Gasteiger partial charge in [0.25, 0.3) is 0 Å². The van der Waals surface area contributed by atoms with Crippen LogP contribution in [0.5, 0.6) is 0 Å². The minimum Gasteiger partial charge on any atom is -0.478 e. The van der Waals surface area contributed by atoms with Crippen LogP contribution in [0.25, 0.3) is 17.2 Å². The number of rotatable bonds is 5. The van der Waals surface area contributed by atoms with Crippen molar-refractivity contribution in [2.75, 3.05) is 0 Å². The minimum absolute atomic E-state index is 0.0954. The van der Waals surface area contributed by atoms with E-state index in [1.807, 2.05) is 54.6 Å². The van der Waals surface area contributed by atoms with Gasteiger partial charge in [-0.05, 0) is 34.9 Å². The lowest BCUT2D eigenvalue weighted by Gasteiger charge is -2.02. The van der Waals surface area contributed by atoms with Crippen LogP contribution in [0.2, 0.25) is 0 Å². The Balaban J connectivity index is 1.71. The van der Waals surface area contributed by atoms with E-state index in [9.17, 15) is 9.59 Å². The summed E-state index contributed by atoms with van der Waals surface area (Å²) in [5, 5.41) is 8.88. The molecule has 0 radical (unpaired) electrons. The Hall–Kier alpha value is -3.46. The zero-order valence-corrected chi connectivity index (χ0v) is 13.4. The van der Waals surface area contributed by atoms with Gasteiger partial charge in [0.1, 0.15) is 0 Å². The Morgan fingerprint density at radius 2 is 1.24 bits per heavy atom. The molecule has 3 nitrogen and oxygen atoms in total. The highest BCUT2D eigenvalue weighted by Gasteiger charge is 2.04. The third-order valence-corrected chi connectivity index (χ3v) is 3.86. The van der Waals surface area contributed by atoms with Gasteiger partial charge in [-0.3, -0.25) is 4.79 Å². The Bertz CT molecular complexity index is 906. The van der Waals surface area contributed by atoms with Gasteiger partial charge in [0.2, 0.25) is 0 Å². The minimum atomic E-state index is -0.967. The Morgan fingerprint density at radius 1 is 0.680 bits per heavy atom. The van der Waals surface area contributed by atoms with Crippen molar-refractivity contribution in [3.63, 3.8) is 0 Å². The van der Waals surface area contributed by atoms with E-state index in [0.29, 0.717) is 5.56 Å². The molecule has 0 aliphatic rings. The van der Waals surface area contributed by atoms with E-state index < -0.39 is 5.97 Å². The van der Waals surface area contributed by atoms with Gasteiger partial charge in [-0.2, -0.15) is 0 Å². The normalized spacial score (nSPS) is 10.7. The summed E-state index contributed by atoms with van der Waals surface area (Å²) in [4.78, 5) is 23.1. The summed E-state index contributed by atoms with van der Waals surface area (Å²) in [6.45, 7) is 0. The predicted octanol–water partition coefficient (Wildman–Crippen LogP) is 4.95. The predicted molar refractivity (Wildman–Crippen MR) is 98.6 cm³/mol. The third-order valence-electron chi connectivity index (χ3n) is 3.86. The highest BCUT2D eigenvalue weighted by Crippen LogP contribution is 2.19. The summed E-state index contributed by atoms with van der Waals surface area (Å²) in [6.07, 6.45) is 3.17. The summed E-state index contributed by atoms with van der Waals surface area (Å²) in [7, 11) is 0. The van der Waals surface area contributed by atoms with Crippen LogP contribution in [0.15, 0.2) is 84.9 Å². The second kappa shape index (κ2) is 7.41. The monoisotopic (exact) mass is 328 g/mol. The Labute approximate surface area is 145 Å². The van der Waals surface area contributed by atoms with Crippen LogP contribution in [-0.2, 0) is 0 Å². The molecule has 1 N–H and O–H groups in total. The molecule has 3 heteroatoms. The summed E-state index contributed by atoms with van der Waals surface area (Å²) in [5.74, 6) is -1.06. The number of allylic oxidation sites excluding steroid dienone is 1. The number of aromatic carboxylic acids is 1. The largest absolute Gasteiger partial charge is 0.478 e. The number of hydrogen-bond donors (Lipinski definition) is 1. The summed E-state index contributed by atoms with van der Waals surface area (Å²) >= 11 is 0. The van der Waals surface area contributed by atoms with Crippen LogP contribution in [0.3, 0.4) is 0 Å². The lowest BCUT2D eigenvalue weighted by molar-refractivity contribution is 0.0696. The quantitative estimate of drug-likeness (QED) is 0.533. The van der Waals surface area contributed by atoms with E-state index in [0.717, 1.165) is 16.7 Å². The van der Waals surface area contributed by atoms with E-state index >= 15 is 0 Å². The molecule has 0 amide bonds. The fourth-order valence-corrected chi connectivity index (χ4v) is 2.46. The van der Waals surface area contributed by atoms with Gasteiger partial charge in [-0.1, -0.05) is 72.8 Å². The average molecular weight is 328 g/mol. The van der Waals surface area contributed by atoms with Crippen LogP contribution in [0, 0.1) is 0 Å². The Kier molecular flexibility index (Phi) is 4.86. The van der Waals surface area contributed by atoms with E-state index in [1.54, 1.807) is 18.2 Å². The lowest BCUT2D eigenvalue weighted by atomic mass is 10.0. The smallest absolute Gasteiger partial charge is 0.335 e. The summed E-state index contributed by atoms with van der Waals surface area (Å²) < 4.78 is 0. The van der Waals surface area contributed by atoms with Gasteiger partial charge in [0.05, 0.1) is 5.56 Å². The molecule has 0 bridgehead atoms. The molecule has 122 valence electrons. The van der Waals surface area contributed by atoms with Crippen LogP contribution < -0.4 is 0 Å². The molecular formula is C22H16O3. The maximum Gasteiger partial charge on any atom is 0.335 e. The number of ketones is 1. The number of benzene rings is 3. The summed E-state index contributed by atoms with van der Waals surface area (Å²) in [5.41, 5.74) is 3.78. The van der Waals surface area contributed by atoms with E-state index in [4.69, 9.17) is 5.11 Å². The number of carboxylic acids is 1. The zero-order valence-electron chi connectivity index (χ0n) is 13.4. The molecule has 3 aromatic carbocycles. The SMILES string of the molecule is O=C(O)c1ccc(C=CC(=O)c2ccc(-c3ccccc3)cc2)cc1. The van der Waals surface area contributed by atoms with Gasteiger partial charge < -0.3 is 5.11 Å². The molecule has 0 saturated heterocycles. The van der Waals surface area contributed by atoms with E-state index in [2.05, 4.69) is 0 Å². The maximum absolute atomic E-state index is 12.3. The van der Waals surface area contributed by atoms with Crippen LogP contribution in [0.4, 0.5) is 0 Å². The topological polar surface area (TPSA) is 54.4 Å². The highest BCUT2D eigenvalue weighted by molar-refractivity contribution is 6.07. The highest BCUT2D eigenvalue weighted by atomic mass is 16.4. The number of carbonyl (C=O) groups is 2. The molecule has 0 aromatic heterocycles. The van der Waals surface area contributed by atoms with Crippen molar-refractivity contribution in [3.8, 4) is 11.1 Å². The number of carboxylic acid groups (broad SMARTS) is 1. The van der Waals surface area contributed by atoms with Crippen molar-refractivity contribution < 1.29 is 14.7 Å². The molecular weight excluding hydrogens is 312 g/mol. The zero-order chi connectivity index (χ0) is 17.6. The van der Waals surface area contributed by atoms with Gasteiger partial charge in [0.15, 0.2) is 5.78 Å². The van der Waals surface area contributed by atoms with Crippen molar-refractivity contribution in [3.05, 3.63) is 102 Å². The van der Waals surface area contributed by atoms with Gasteiger partial charge in [0, 0.05) is 5.56 Å². The first kappa shape index (κ1) is 16.4. The summed E-state index contributed by atoms with van der Waals surface area (Å²) in [6, 6.07) is 23.8. The fourth-order valence-electron chi connectivity index (χ4n) is 2.46. The number of carbonyl (C=O) groups excluding carboxylic acids is 1. The molecule has 0 aliphatic heterocycles. The van der Waals surface area contributed by atoms with Crippen LogP contribution in [0.1, 0.15) is 26.3 Å². The first-order valence-electron chi connectivity index (χ1n) is 7.85. The first-order valence-corrected chi connectivity index (χ1v) is 7.85. The first-order chi connectivity index (χ1) is 12.1. The van der Waals surface area contributed by atoms with E-state index in [-0.39, 0.29) is 11.3 Å².